The van der Waals surface area contributed by atoms with Crippen LogP contribution >= 0.6 is 0 Å². The molecule has 0 spiro atoms. The Morgan fingerprint density at radius 3 is 2.05 bits per heavy atom. The smallest absolute Gasteiger partial charge is 0.335 e. The summed E-state index contributed by atoms with van der Waals surface area (Å²) in [5.74, 6) is -1.52. The van der Waals surface area contributed by atoms with E-state index < -0.39 is 96.9 Å². The minimum Gasteiger partial charge on any atom is -0.479 e. The number of hydrogen-bond donors (Lipinski definition) is 8. The van der Waals surface area contributed by atoms with Gasteiger partial charge in [-0.2, -0.15) is 0 Å². The van der Waals surface area contributed by atoms with Gasteiger partial charge in [-0.05, 0) is 109 Å². The zero-order valence-electron chi connectivity index (χ0n) is 34.0. The SMILES string of the molecule is CC1(C)CC[C@]2(C(=O)O[C@@H]3O[C@H](CO)[C@@H](O)[C@H](O)[C@H]3O)CC[C@]3(C)C(=CCC4[C@@]5(C)CCC(O[C@@H]6O[C@H](C(=O)O)[C@H](O)[C@H](O)[C@H]6O)C(C)(C)C5CC[C@]43C)[C@H]2C1. The van der Waals surface area contributed by atoms with Crippen LogP contribution in [0.2, 0.25) is 0 Å². The first-order valence-corrected chi connectivity index (χ1v) is 20.8. The average molecular weight is 795 g/mol. The van der Waals surface area contributed by atoms with Gasteiger partial charge in [-0.15, -0.1) is 0 Å². The van der Waals surface area contributed by atoms with Crippen LogP contribution in [0.15, 0.2) is 11.6 Å². The van der Waals surface area contributed by atoms with Crippen molar-refractivity contribution in [2.45, 2.75) is 180 Å². The largest absolute Gasteiger partial charge is 0.479 e. The van der Waals surface area contributed by atoms with Crippen LogP contribution in [0.3, 0.4) is 0 Å². The Morgan fingerprint density at radius 2 is 1.39 bits per heavy atom. The summed E-state index contributed by atoms with van der Waals surface area (Å²) >= 11 is 0. The maximum absolute atomic E-state index is 14.6. The number of carbonyl (C=O) groups excluding carboxylic acids is 1. The van der Waals surface area contributed by atoms with Crippen molar-refractivity contribution in [3.8, 4) is 0 Å². The Bertz CT molecular complexity index is 1560. The van der Waals surface area contributed by atoms with Gasteiger partial charge in [0.05, 0.1) is 18.1 Å². The Hall–Kier alpha value is -1.72. The van der Waals surface area contributed by atoms with Crippen LogP contribution in [-0.2, 0) is 28.5 Å². The molecule has 0 radical (unpaired) electrons. The molecule has 0 amide bonds. The highest BCUT2D eigenvalue weighted by atomic mass is 16.7. The molecule has 18 atom stereocenters. The lowest BCUT2D eigenvalue weighted by Crippen LogP contribution is -2.66. The number of esters is 1. The van der Waals surface area contributed by atoms with E-state index >= 15 is 0 Å². The fraction of sp³-hybridized carbons (Fsp3) is 0.905. The van der Waals surface area contributed by atoms with Crippen molar-refractivity contribution in [3.05, 3.63) is 11.6 Å². The van der Waals surface area contributed by atoms with Gasteiger partial charge in [0, 0.05) is 0 Å². The molecular weight excluding hydrogens is 728 g/mol. The number of carboxylic acid groups (broad SMARTS) is 1. The zero-order chi connectivity index (χ0) is 41.1. The zero-order valence-corrected chi connectivity index (χ0v) is 34.0. The van der Waals surface area contributed by atoms with Crippen molar-refractivity contribution in [2.24, 2.45) is 50.2 Å². The third-order valence-corrected chi connectivity index (χ3v) is 17.2. The highest BCUT2D eigenvalue weighted by Gasteiger charge is 2.70. The molecule has 0 bridgehead atoms. The number of aliphatic hydroxyl groups is 7. The van der Waals surface area contributed by atoms with Gasteiger partial charge in [-0.3, -0.25) is 4.79 Å². The normalized spacial score (nSPS) is 52.3. The third kappa shape index (κ3) is 6.17. The molecule has 7 rings (SSSR count). The predicted molar refractivity (Wildman–Crippen MR) is 198 cm³/mol. The third-order valence-electron chi connectivity index (χ3n) is 17.2. The van der Waals surface area contributed by atoms with Crippen molar-refractivity contribution < 1.29 is 69.4 Å². The number of carbonyl (C=O) groups is 2. The monoisotopic (exact) mass is 794 g/mol. The van der Waals surface area contributed by atoms with E-state index in [-0.39, 0.29) is 33.5 Å². The molecule has 4 saturated carbocycles. The molecular formula is C42H66O14. The molecule has 3 unspecified atom stereocenters. The summed E-state index contributed by atoms with van der Waals surface area (Å²) in [6, 6.07) is 0. The van der Waals surface area contributed by atoms with E-state index in [0.29, 0.717) is 25.2 Å². The van der Waals surface area contributed by atoms with Crippen LogP contribution < -0.4 is 0 Å². The number of aliphatic carboxylic acids is 1. The number of allylic oxidation sites excluding steroid dienone is 2. The summed E-state index contributed by atoms with van der Waals surface area (Å²) in [4.78, 5) is 26.4. The first-order valence-electron chi connectivity index (χ1n) is 20.8. The summed E-state index contributed by atoms with van der Waals surface area (Å²) in [5, 5.41) is 82.4. The van der Waals surface area contributed by atoms with Crippen LogP contribution in [-0.4, -0.2) is 127 Å². The Balaban J connectivity index is 1.16. The van der Waals surface area contributed by atoms with Crippen molar-refractivity contribution >= 4 is 11.9 Å². The molecule has 14 nitrogen and oxygen atoms in total. The van der Waals surface area contributed by atoms with Gasteiger partial charge in [0.25, 0.3) is 0 Å². The van der Waals surface area contributed by atoms with Gasteiger partial charge in [0.15, 0.2) is 12.4 Å². The van der Waals surface area contributed by atoms with Crippen LogP contribution in [0, 0.1) is 50.2 Å². The van der Waals surface area contributed by atoms with Gasteiger partial charge >= 0.3 is 11.9 Å². The first-order chi connectivity index (χ1) is 26.0. The van der Waals surface area contributed by atoms with Crippen molar-refractivity contribution in [2.75, 3.05) is 6.61 Å². The standard InChI is InChI=1S/C42H66O14/c1-37(2)14-16-42(36(52)56-34-30(48)27(45)26(44)22(19-43)53-34)17-15-40(6)20(21(42)18-37)8-9-24-39(5)12-11-25(38(3,4)23(39)10-13-41(24,40)7)54-35-31(49)28(46)29(47)32(55-35)33(50)51/h8,21-32,34-35,43-49H,9-19H2,1-7H3,(H,50,51)/t21-,22-,23?,24?,25?,26-,27+,28+,29-,30-,31-,32+,34+,35-,39+,40-,41-,42+/m1/s1. The maximum Gasteiger partial charge on any atom is 0.335 e. The highest BCUT2D eigenvalue weighted by Crippen LogP contribution is 2.76. The van der Waals surface area contributed by atoms with Crippen LogP contribution in [0.5, 0.6) is 0 Å². The molecule has 2 saturated heterocycles. The van der Waals surface area contributed by atoms with E-state index in [0.717, 1.165) is 44.9 Å². The maximum atomic E-state index is 14.6. The molecule has 0 aromatic heterocycles. The molecule has 8 N–H and O–H groups in total. The van der Waals surface area contributed by atoms with Crippen molar-refractivity contribution in [3.63, 3.8) is 0 Å². The molecule has 56 heavy (non-hydrogen) atoms. The number of rotatable bonds is 6. The second-order valence-corrected chi connectivity index (χ2v) is 20.7. The predicted octanol–water partition coefficient (Wildman–Crippen LogP) is 2.41. The fourth-order valence-corrected chi connectivity index (χ4v) is 13.5. The molecule has 5 aliphatic carbocycles. The van der Waals surface area contributed by atoms with E-state index in [1.54, 1.807) is 0 Å². The van der Waals surface area contributed by atoms with E-state index in [9.17, 15) is 50.4 Å². The lowest BCUT2D eigenvalue weighted by atomic mass is 9.33. The second-order valence-electron chi connectivity index (χ2n) is 20.7. The van der Waals surface area contributed by atoms with E-state index in [4.69, 9.17) is 18.9 Å². The minimum atomic E-state index is -1.79. The molecule has 0 aromatic rings. The molecule has 6 fully saturated rings. The summed E-state index contributed by atoms with van der Waals surface area (Å²) < 4.78 is 23.5. The van der Waals surface area contributed by atoms with Crippen molar-refractivity contribution in [1.82, 2.24) is 0 Å². The molecule has 2 heterocycles. The molecule has 2 aliphatic heterocycles. The summed E-state index contributed by atoms with van der Waals surface area (Å²) in [6.07, 6.45) is -6.14. The van der Waals surface area contributed by atoms with E-state index in [1.165, 1.54) is 5.57 Å². The topological polar surface area (TPSA) is 233 Å². The number of fused-ring (bicyclic) bond motifs is 7. The van der Waals surface area contributed by atoms with Gasteiger partial charge in [0.2, 0.25) is 6.29 Å². The van der Waals surface area contributed by atoms with Gasteiger partial charge in [-0.25, -0.2) is 4.79 Å². The van der Waals surface area contributed by atoms with Gasteiger partial charge in [0.1, 0.15) is 42.7 Å². The Morgan fingerprint density at radius 1 is 0.750 bits per heavy atom. The number of ether oxygens (including phenoxy) is 4. The minimum absolute atomic E-state index is 0.0330. The first kappa shape index (κ1) is 42.4. The van der Waals surface area contributed by atoms with E-state index in [2.05, 4.69) is 54.5 Å². The van der Waals surface area contributed by atoms with Crippen LogP contribution in [0.4, 0.5) is 0 Å². The number of hydrogen-bond acceptors (Lipinski definition) is 13. The van der Waals surface area contributed by atoms with Crippen LogP contribution in [0.25, 0.3) is 0 Å². The number of carboxylic acids is 1. The highest BCUT2D eigenvalue weighted by molar-refractivity contribution is 5.79. The molecule has 14 heteroatoms. The summed E-state index contributed by atoms with van der Waals surface area (Å²) in [6.45, 7) is 15.5. The summed E-state index contributed by atoms with van der Waals surface area (Å²) in [7, 11) is 0. The van der Waals surface area contributed by atoms with Crippen molar-refractivity contribution in [1.29, 1.82) is 0 Å². The average Bonchev–Trinajstić information content (AvgIpc) is 3.12. The Kier molecular flexibility index (Phi) is 10.8. The lowest BCUT2D eigenvalue weighted by molar-refractivity contribution is -0.324. The molecule has 0 aromatic carbocycles. The lowest BCUT2D eigenvalue weighted by Gasteiger charge is -2.71. The number of aliphatic hydroxyl groups excluding tert-OH is 7. The Labute approximate surface area is 329 Å². The molecule has 7 aliphatic rings. The van der Waals surface area contributed by atoms with Gasteiger partial charge in [-0.1, -0.05) is 60.1 Å². The summed E-state index contributed by atoms with van der Waals surface area (Å²) in [5.41, 5.74) is -0.448. The quantitative estimate of drug-likeness (QED) is 0.110. The second kappa shape index (κ2) is 14.2. The molecule has 318 valence electrons. The van der Waals surface area contributed by atoms with Gasteiger partial charge < -0.3 is 59.8 Å². The van der Waals surface area contributed by atoms with Crippen LogP contribution in [0.1, 0.15) is 113 Å². The van der Waals surface area contributed by atoms with E-state index in [1.807, 2.05) is 0 Å². The fourth-order valence-electron chi connectivity index (χ4n) is 13.5.